The van der Waals surface area contributed by atoms with Gasteiger partial charge in [-0.05, 0) is 26.3 Å². The SMILES string of the molecule is CCCNCCS(=O)(=O)NC(C)CCC. The van der Waals surface area contributed by atoms with Gasteiger partial charge in [0.05, 0.1) is 5.75 Å². The standard InChI is InChI=1S/C10H24N2O2S/c1-4-6-10(3)12-15(13,14)9-8-11-7-5-2/h10-12H,4-9H2,1-3H3. The fourth-order valence-electron chi connectivity index (χ4n) is 1.37. The van der Waals surface area contributed by atoms with Crippen molar-refractivity contribution < 1.29 is 8.42 Å². The van der Waals surface area contributed by atoms with Crippen molar-refractivity contribution in [2.24, 2.45) is 0 Å². The van der Waals surface area contributed by atoms with Gasteiger partial charge in [-0.25, -0.2) is 13.1 Å². The van der Waals surface area contributed by atoms with E-state index in [-0.39, 0.29) is 11.8 Å². The monoisotopic (exact) mass is 236 g/mol. The Bertz CT molecular complexity index is 240. The van der Waals surface area contributed by atoms with E-state index in [1.807, 2.05) is 13.8 Å². The minimum atomic E-state index is -3.10. The maximum atomic E-state index is 11.5. The van der Waals surface area contributed by atoms with E-state index in [1.54, 1.807) is 0 Å². The molecule has 0 rings (SSSR count). The van der Waals surface area contributed by atoms with Crippen LogP contribution in [-0.2, 0) is 10.0 Å². The Kier molecular flexibility index (Phi) is 8.00. The summed E-state index contributed by atoms with van der Waals surface area (Å²) in [7, 11) is -3.10. The highest BCUT2D eigenvalue weighted by Crippen LogP contribution is 1.97. The fraction of sp³-hybridized carbons (Fsp3) is 1.00. The zero-order valence-electron chi connectivity index (χ0n) is 10.0. The van der Waals surface area contributed by atoms with Crippen molar-refractivity contribution in [2.75, 3.05) is 18.8 Å². The lowest BCUT2D eigenvalue weighted by Crippen LogP contribution is -2.37. The first-order chi connectivity index (χ1) is 7.02. The number of rotatable bonds is 9. The van der Waals surface area contributed by atoms with Gasteiger partial charge in [0.2, 0.25) is 10.0 Å². The lowest BCUT2D eigenvalue weighted by Gasteiger charge is -2.13. The first kappa shape index (κ1) is 14.9. The van der Waals surface area contributed by atoms with Crippen LogP contribution in [-0.4, -0.2) is 33.3 Å². The average molecular weight is 236 g/mol. The van der Waals surface area contributed by atoms with Crippen molar-refractivity contribution in [2.45, 2.75) is 46.1 Å². The molecule has 0 aromatic carbocycles. The molecule has 4 nitrogen and oxygen atoms in total. The van der Waals surface area contributed by atoms with Crippen molar-refractivity contribution >= 4 is 10.0 Å². The van der Waals surface area contributed by atoms with Crippen LogP contribution in [0.1, 0.15) is 40.0 Å². The molecule has 0 fully saturated rings. The van der Waals surface area contributed by atoms with E-state index in [0.717, 1.165) is 25.8 Å². The summed E-state index contributed by atoms with van der Waals surface area (Å²) in [6.07, 6.45) is 2.92. The Labute approximate surface area is 93.9 Å². The molecule has 1 unspecified atom stereocenters. The second-order valence-electron chi connectivity index (χ2n) is 3.88. The molecule has 0 radical (unpaired) electrons. The number of sulfonamides is 1. The molecule has 0 amide bonds. The summed E-state index contributed by atoms with van der Waals surface area (Å²) in [6, 6.07) is 0.0474. The number of nitrogens with one attached hydrogen (secondary N) is 2. The molecular formula is C10H24N2O2S. The largest absolute Gasteiger partial charge is 0.316 e. The van der Waals surface area contributed by atoms with Gasteiger partial charge in [0.25, 0.3) is 0 Å². The lowest BCUT2D eigenvalue weighted by atomic mass is 10.2. The molecule has 0 saturated heterocycles. The van der Waals surface area contributed by atoms with E-state index in [0.29, 0.717) is 6.54 Å². The molecule has 0 aliphatic carbocycles. The minimum Gasteiger partial charge on any atom is -0.316 e. The molecule has 1 atom stereocenters. The Morgan fingerprint density at radius 3 is 2.33 bits per heavy atom. The molecule has 0 bridgehead atoms. The third-order valence-electron chi connectivity index (χ3n) is 2.08. The van der Waals surface area contributed by atoms with Crippen molar-refractivity contribution in [1.29, 1.82) is 0 Å². The molecule has 92 valence electrons. The van der Waals surface area contributed by atoms with Crippen LogP contribution in [0.4, 0.5) is 0 Å². The highest BCUT2D eigenvalue weighted by molar-refractivity contribution is 7.89. The first-order valence-electron chi connectivity index (χ1n) is 5.72. The van der Waals surface area contributed by atoms with Gasteiger partial charge in [-0.1, -0.05) is 20.3 Å². The van der Waals surface area contributed by atoms with E-state index in [2.05, 4.69) is 17.0 Å². The van der Waals surface area contributed by atoms with Gasteiger partial charge in [-0.15, -0.1) is 0 Å². The molecule has 0 aliphatic heterocycles. The highest BCUT2D eigenvalue weighted by Gasteiger charge is 2.12. The summed E-state index contributed by atoms with van der Waals surface area (Å²) in [6.45, 7) is 7.42. The van der Waals surface area contributed by atoms with Crippen LogP contribution in [0.15, 0.2) is 0 Å². The van der Waals surface area contributed by atoms with Crippen molar-refractivity contribution in [3.63, 3.8) is 0 Å². The van der Waals surface area contributed by atoms with Gasteiger partial charge in [0.1, 0.15) is 0 Å². The van der Waals surface area contributed by atoms with Crippen molar-refractivity contribution in [1.82, 2.24) is 10.0 Å². The molecule has 0 saturated carbocycles. The Morgan fingerprint density at radius 2 is 1.80 bits per heavy atom. The Balaban J connectivity index is 3.76. The summed E-state index contributed by atoms with van der Waals surface area (Å²) >= 11 is 0. The van der Waals surface area contributed by atoms with Crippen LogP contribution >= 0.6 is 0 Å². The quantitative estimate of drug-likeness (QED) is 0.589. The van der Waals surface area contributed by atoms with Crippen LogP contribution in [0.2, 0.25) is 0 Å². The molecule has 15 heavy (non-hydrogen) atoms. The van der Waals surface area contributed by atoms with E-state index in [4.69, 9.17) is 0 Å². The summed E-state index contributed by atoms with van der Waals surface area (Å²) in [5.41, 5.74) is 0. The smallest absolute Gasteiger partial charge is 0.213 e. The summed E-state index contributed by atoms with van der Waals surface area (Å²) in [4.78, 5) is 0. The van der Waals surface area contributed by atoms with E-state index >= 15 is 0 Å². The van der Waals surface area contributed by atoms with E-state index < -0.39 is 10.0 Å². The van der Waals surface area contributed by atoms with Crippen LogP contribution < -0.4 is 10.0 Å². The summed E-state index contributed by atoms with van der Waals surface area (Å²) in [5.74, 6) is 0.168. The number of hydrogen-bond donors (Lipinski definition) is 2. The van der Waals surface area contributed by atoms with Crippen molar-refractivity contribution in [3.8, 4) is 0 Å². The summed E-state index contributed by atoms with van der Waals surface area (Å²) < 4.78 is 25.7. The minimum absolute atomic E-state index is 0.0474. The van der Waals surface area contributed by atoms with Crippen LogP contribution in [0.5, 0.6) is 0 Å². The maximum Gasteiger partial charge on any atom is 0.213 e. The normalized spacial score (nSPS) is 14.1. The van der Waals surface area contributed by atoms with Crippen molar-refractivity contribution in [3.05, 3.63) is 0 Å². The van der Waals surface area contributed by atoms with Gasteiger partial charge < -0.3 is 5.32 Å². The summed E-state index contributed by atoms with van der Waals surface area (Å²) in [5, 5.41) is 3.08. The second-order valence-corrected chi connectivity index (χ2v) is 5.75. The van der Waals surface area contributed by atoms with Gasteiger partial charge in [0.15, 0.2) is 0 Å². The molecule has 2 N–H and O–H groups in total. The zero-order valence-corrected chi connectivity index (χ0v) is 10.9. The molecule has 0 aromatic rings. The first-order valence-corrected chi connectivity index (χ1v) is 7.37. The van der Waals surface area contributed by atoms with E-state index in [9.17, 15) is 8.42 Å². The molecular weight excluding hydrogens is 212 g/mol. The maximum absolute atomic E-state index is 11.5. The Hall–Kier alpha value is -0.130. The molecule has 0 heterocycles. The van der Waals surface area contributed by atoms with Crippen LogP contribution in [0.3, 0.4) is 0 Å². The van der Waals surface area contributed by atoms with Crippen LogP contribution in [0, 0.1) is 0 Å². The lowest BCUT2D eigenvalue weighted by molar-refractivity contribution is 0.541. The molecule has 0 aromatic heterocycles. The van der Waals surface area contributed by atoms with Gasteiger partial charge in [-0.3, -0.25) is 0 Å². The fourth-order valence-corrected chi connectivity index (χ4v) is 2.63. The predicted molar refractivity (Wildman–Crippen MR) is 64.5 cm³/mol. The molecule has 0 aliphatic rings. The Morgan fingerprint density at radius 1 is 1.13 bits per heavy atom. The van der Waals surface area contributed by atoms with Gasteiger partial charge in [0, 0.05) is 12.6 Å². The third kappa shape index (κ3) is 8.84. The zero-order chi connectivity index (χ0) is 11.7. The average Bonchev–Trinajstić information content (AvgIpc) is 2.12. The molecule has 5 heteroatoms. The van der Waals surface area contributed by atoms with Crippen LogP contribution in [0.25, 0.3) is 0 Å². The third-order valence-corrected chi connectivity index (χ3v) is 3.58. The van der Waals surface area contributed by atoms with Gasteiger partial charge in [-0.2, -0.15) is 0 Å². The number of hydrogen-bond acceptors (Lipinski definition) is 3. The molecule has 0 spiro atoms. The predicted octanol–water partition coefficient (Wildman–Crippen LogP) is 1.09. The van der Waals surface area contributed by atoms with Gasteiger partial charge >= 0.3 is 0 Å². The second kappa shape index (κ2) is 8.07. The highest BCUT2D eigenvalue weighted by atomic mass is 32.2. The van der Waals surface area contributed by atoms with E-state index in [1.165, 1.54) is 0 Å². The topological polar surface area (TPSA) is 58.2 Å².